The van der Waals surface area contributed by atoms with Crippen molar-refractivity contribution >= 4 is 22.3 Å². The molecular weight excluding hydrogens is 196 g/mol. The summed E-state index contributed by atoms with van der Waals surface area (Å²) in [6.07, 6.45) is 1.12. The highest BCUT2D eigenvalue weighted by atomic mass is 32.1. The van der Waals surface area contributed by atoms with E-state index in [2.05, 4.69) is 24.1 Å². The highest BCUT2D eigenvalue weighted by Gasteiger charge is 2.05. The Morgan fingerprint density at radius 3 is 2.86 bits per heavy atom. The molecule has 0 atom stereocenters. The van der Waals surface area contributed by atoms with Gasteiger partial charge in [0.25, 0.3) is 0 Å². The van der Waals surface area contributed by atoms with Crippen molar-refractivity contribution < 1.29 is 4.79 Å². The van der Waals surface area contributed by atoms with Gasteiger partial charge in [-0.2, -0.15) is 0 Å². The summed E-state index contributed by atoms with van der Waals surface area (Å²) in [6, 6.07) is 0. The lowest BCUT2D eigenvalue weighted by Crippen LogP contribution is -2.04. The predicted molar refractivity (Wildman–Crippen MR) is 60.1 cm³/mol. The summed E-state index contributed by atoms with van der Waals surface area (Å²) >= 11 is 1.49. The molecule has 0 fully saturated rings. The Balaban J connectivity index is 2.40. The van der Waals surface area contributed by atoms with E-state index in [0.717, 1.165) is 18.1 Å². The van der Waals surface area contributed by atoms with Crippen LogP contribution in [0, 0.1) is 5.92 Å². The van der Waals surface area contributed by atoms with Gasteiger partial charge in [0.2, 0.25) is 0 Å². The highest BCUT2D eigenvalue weighted by molar-refractivity contribution is 7.13. The quantitative estimate of drug-likeness (QED) is 0.763. The van der Waals surface area contributed by atoms with Crippen molar-refractivity contribution in [3.8, 4) is 0 Å². The van der Waals surface area contributed by atoms with Gasteiger partial charge in [-0.1, -0.05) is 13.8 Å². The standard InChI is InChI=1S/C10H16N2OS/c1-7(2)4-5-11-10-12-9(6-14-10)8(3)13/h6-7H,4-5H2,1-3H3,(H,11,12). The van der Waals surface area contributed by atoms with Crippen molar-refractivity contribution in [2.45, 2.75) is 27.2 Å². The molecule has 0 amide bonds. The second-order valence-electron chi connectivity index (χ2n) is 3.70. The Labute approximate surface area is 88.6 Å². The fraction of sp³-hybridized carbons (Fsp3) is 0.600. The summed E-state index contributed by atoms with van der Waals surface area (Å²) in [6.45, 7) is 6.82. The Morgan fingerprint density at radius 1 is 1.64 bits per heavy atom. The molecule has 0 aliphatic rings. The number of aromatic nitrogens is 1. The van der Waals surface area contributed by atoms with Crippen molar-refractivity contribution in [2.24, 2.45) is 5.92 Å². The summed E-state index contributed by atoms with van der Waals surface area (Å²) in [7, 11) is 0. The zero-order valence-corrected chi connectivity index (χ0v) is 9.65. The third-order valence-corrected chi connectivity index (χ3v) is 2.66. The van der Waals surface area contributed by atoms with Crippen molar-refractivity contribution in [3.63, 3.8) is 0 Å². The average molecular weight is 212 g/mol. The summed E-state index contributed by atoms with van der Waals surface area (Å²) in [4.78, 5) is 15.1. The third kappa shape index (κ3) is 3.46. The topological polar surface area (TPSA) is 42.0 Å². The number of anilines is 1. The van der Waals surface area contributed by atoms with Gasteiger partial charge in [-0.15, -0.1) is 11.3 Å². The summed E-state index contributed by atoms with van der Waals surface area (Å²) in [5.41, 5.74) is 0.557. The molecule has 1 N–H and O–H groups in total. The van der Waals surface area contributed by atoms with Crippen LogP contribution in [-0.4, -0.2) is 17.3 Å². The largest absolute Gasteiger partial charge is 0.361 e. The summed E-state index contributed by atoms with van der Waals surface area (Å²) < 4.78 is 0. The van der Waals surface area contributed by atoms with Crippen LogP contribution in [-0.2, 0) is 0 Å². The maximum absolute atomic E-state index is 11.0. The number of carbonyl (C=O) groups is 1. The van der Waals surface area contributed by atoms with E-state index < -0.39 is 0 Å². The van der Waals surface area contributed by atoms with Crippen molar-refractivity contribution in [1.29, 1.82) is 0 Å². The van der Waals surface area contributed by atoms with E-state index in [4.69, 9.17) is 0 Å². The van der Waals surface area contributed by atoms with Crippen LogP contribution in [0.5, 0.6) is 0 Å². The summed E-state index contributed by atoms with van der Waals surface area (Å²) in [5, 5.41) is 5.84. The van der Waals surface area contributed by atoms with Gasteiger partial charge in [0.1, 0.15) is 5.69 Å². The predicted octanol–water partition coefficient (Wildman–Crippen LogP) is 2.80. The number of hydrogen-bond acceptors (Lipinski definition) is 4. The van der Waals surface area contributed by atoms with E-state index in [9.17, 15) is 4.79 Å². The van der Waals surface area contributed by atoms with Crippen LogP contribution in [0.1, 0.15) is 37.7 Å². The maximum atomic E-state index is 11.0. The monoisotopic (exact) mass is 212 g/mol. The number of nitrogens with zero attached hydrogens (tertiary/aromatic N) is 1. The zero-order chi connectivity index (χ0) is 10.6. The number of carbonyl (C=O) groups excluding carboxylic acids is 1. The molecule has 0 spiro atoms. The van der Waals surface area contributed by atoms with E-state index in [1.54, 1.807) is 5.38 Å². The van der Waals surface area contributed by atoms with Crippen LogP contribution in [0.15, 0.2) is 5.38 Å². The van der Waals surface area contributed by atoms with Gasteiger partial charge in [-0.25, -0.2) is 4.98 Å². The number of ketones is 1. The lowest BCUT2D eigenvalue weighted by molar-refractivity contribution is 0.101. The first-order chi connectivity index (χ1) is 6.59. The van der Waals surface area contributed by atoms with Gasteiger partial charge < -0.3 is 5.32 Å². The first-order valence-electron chi connectivity index (χ1n) is 4.80. The van der Waals surface area contributed by atoms with Crippen molar-refractivity contribution in [3.05, 3.63) is 11.1 Å². The summed E-state index contributed by atoms with van der Waals surface area (Å²) in [5.74, 6) is 0.716. The van der Waals surface area contributed by atoms with E-state index in [-0.39, 0.29) is 5.78 Å². The number of rotatable bonds is 5. The lowest BCUT2D eigenvalue weighted by atomic mass is 10.1. The first kappa shape index (κ1) is 11.2. The van der Waals surface area contributed by atoms with Gasteiger partial charge in [-0.05, 0) is 12.3 Å². The van der Waals surface area contributed by atoms with E-state index in [1.807, 2.05) is 0 Å². The molecule has 0 saturated heterocycles. The molecule has 78 valence electrons. The lowest BCUT2D eigenvalue weighted by Gasteiger charge is -2.04. The van der Waals surface area contributed by atoms with Crippen molar-refractivity contribution in [2.75, 3.05) is 11.9 Å². The number of thiazole rings is 1. The van der Waals surface area contributed by atoms with Gasteiger partial charge in [0.05, 0.1) is 0 Å². The van der Waals surface area contributed by atoms with Crippen LogP contribution in [0.4, 0.5) is 5.13 Å². The smallest absolute Gasteiger partial charge is 0.183 e. The SMILES string of the molecule is CC(=O)c1csc(NCCC(C)C)n1. The Bertz CT molecular complexity index is 307. The number of Topliss-reactive ketones (excluding diaryl/α,β-unsaturated/α-hetero) is 1. The van der Waals surface area contributed by atoms with Gasteiger partial charge in [-0.3, -0.25) is 4.79 Å². The van der Waals surface area contributed by atoms with E-state index in [0.29, 0.717) is 11.6 Å². The number of hydrogen-bond donors (Lipinski definition) is 1. The van der Waals surface area contributed by atoms with E-state index in [1.165, 1.54) is 18.3 Å². The molecule has 1 aromatic rings. The van der Waals surface area contributed by atoms with Crippen LogP contribution in [0.25, 0.3) is 0 Å². The second-order valence-corrected chi connectivity index (χ2v) is 4.56. The molecule has 14 heavy (non-hydrogen) atoms. The average Bonchev–Trinajstić information content (AvgIpc) is 2.52. The van der Waals surface area contributed by atoms with Gasteiger partial charge >= 0.3 is 0 Å². The normalized spacial score (nSPS) is 10.6. The molecule has 0 unspecified atom stereocenters. The van der Waals surface area contributed by atoms with Gasteiger partial charge in [0.15, 0.2) is 10.9 Å². The molecule has 0 saturated carbocycles. The molecule has 1 rings (SSSR count). The Hall–Kier alpha value is -0.900. The third-order valence-electron chi connectivity index (χ3n) is 1.86. The van der Waals surface area contributed by atoms with Gasteiger partial charge in [0, 0.05) is 18.8 Å². The van der Waals surface area contributed by atoms with Crippen LogP contribution in [0.2, 0.25) is 0 Å². The van der Waals surface area contributed by atoms with Crippen LogP contribution < -0.4 is 5.32 Å². The Kier molecular flexibility index (Phi) is 4.07. The minimum atomic E-state index is 0.0261. The van der Waals surface area contributed by atoms with E-state index >= 15 is 0 Å². The molecule has 0 aliphatic carbocycles. The molecule has 4 heteroatoms. The molecule has 0 aliphatic heterocycles. The van der Waals surface area contributed by atoms with Crippen molar-refractivity contribution in [1.82, 2.24) is 4.98 Å². The molecular formula is C10H16N2OS. The fourth-order valence-corrected chi connectivity index (χ4v) is 1.76. The molecule has 0 bridgehead atoms. The van der Waals surface area contributed by atoms with Crippen LogP contribution >= 0.6 is 11.3 Å². The highest BCUT2D eigenvalue weighted by Crippen LogP contribution is 2.15. The second kappa shape index (κ2) is 5.10. The number of nitrogens with one attached hydrogen (secondary N) is 1. The molecule has 3 nitrogen and oxygen atoms in total. The zero-order valence-electron chi connectivity index (χ0n) is 8.83. The minimum Gasteiger partial charge on any atom is -0.361 e. The Morgan fingerprint density at radius 2 is 2.36 bits per heavy atom. The minimum absolute atomic E-state index is 0.0261. The molecule has 1 heterocycles. The molecule has 0 radical (unpaired) electrons. The maximum Gasteiger partial charge on any atom is 0.183 e. The molecule has 1 aromatic heterocycles. The first-order valence-corrected chi connectivity index (χ1v) is 5.68. The fourth-order valence-electron chi connectivity index (χ4n) is 0.984. The van der Waals surface area contributed by atoms with Crippen LogP contribution in [0.3, 0.4) is 0 Å². The molecule has 0 aromatic carbocycles.